The molecule has 2 aromatic carbocycles. The van der Waals surface area contributed by atoms with E-state index in [1.807, 2.05) is 42.5 Å². The maximum absolute atomic E-state index is 12.2. The van der Waals surface area contributed by atoms with Crippen LogP contribution in [0.3, 0.4) is 0 Å². The third-order valence-corrected chi connectivity index (χ3v) is 3.50. The maximum atomic E-state index is 12.2. The number of halogens is 1. The van der Waals surface area contributed by atoms with Gasteiger partial charge in [-0.3, -0.25) is 4.79 Å². The topological polar surface area (TPSA) is 85.8 Å². The minimum absolute atomic E-state index is 0.0869. The van der Waals surface area contributed by atoms with Crippen LogP contribution in [0.4, 0.5) is 11.5 Å². The van der Waals surface area contributed by atoms with Gasteiger partial charge in [-0.15, -0.1) is 5.10 Å². The average molecular weight is 358 g/mol. The minimum Gasteiger partial charge on any atom is -0.382 e. The van der Waals surface area contributed by atoms with Gasteiger partial charge in [-0.05, 0) is 30.3 Å². The van der Waals surface area contributed by atoms with Gasteiger partial charge in [-0.25, -0.2) is 0 Å². The van der Waals surface area contributed by atoms with E-state index in [-0.39, 0.29) is 11.5 Å². The number of carbonyl (C=O) groups is 1. The van der Waals surface area contributed by atoms with Crippen LogP contribution in [0, 0.1) is 0 Å². The Morgan fingerprint density at radius 1 is 1.14 bits per heavy atom. The standard InChI is InChI=1S/C15H12BrN5O/c16-10-5-4-8-12(9-10)21-14(17)13(19-20-21)15(22)18-11-6-2-1-3-7-11/h1-9H,17H2,(H,18,22). The summed E-state index contributed by atoms with van der Waals surface area (Å²) >= 11 is 3.38. The van der Waals surface area contributed by atoms with Crippen LogP contribution in [-0.4, -0.2) is 20.9 Å². The molecule has 0 aliphatic rings. The van der Waals surface area contributed by atoms with Crippen LogP contribution in [-0.2, 0) is 0 Å². The molecule has 1 aromatic heterocycles. The number of aromatic nitrogens is 3. The van der Waals surface area contributed by atoms with Gasteiger partial charge in [-0.2, -0.15) is 4.68 Å². The molecule has 0 saturated heterocycles. The van der Waals surface area contributed by atoms with Gasteiger partial charge in [0.2, 0.25) is 0 Å². The van der Waals surface area contributed by atoms with E-state index >= 15 is 0 Å². The Hall–Kier alpha value is -2.67. The molecule has 6 nitrogen and oxygen atoms in total. The summed E-state index contributed by atoms with van der Waals surface area (Å²) in [5.74, 6) is -0.212. The quantitative estimate of drug-likeness (QED) is 0.754. The fraction of sp³-hybridized carbons (Fsp3) is 0. The van der Waals surface area contributed by atoms with E-state index in [2.05, 4.69) is 31.6 Å². The molecule has 0 spiro atoms. The molecule has 0 fully saturated rings. The highest BCUT2D eigenvalue weighted by Crippen LogP contribution is 2.19. The fourth-order valence-electron chi connectivity index (χ4n) is 1.96. The van der Waals surface area contributed by atoms with Gasteiger partial charge in [-0.1, -0.05) is 45.4 Å². The van der Waals surface area contributed by atoms with Crippen molar-refractivity contribution in [2.75, 3.05) is 11.1 Å². The first kappa shape index (κ1) is 14.3. The van der Waals surface area contributed by atoms with Crippen molar-refractivity contribution in [2.24, 2.45) is 0 Å². The first-order chi connectivity index (χ1) is 10.6. The lowest BCUT2D eigenvalue weighted by Gasteiger charge is -2.05. The number of benzene rings is 2. The van der Waals surface area contributed by atoms with E-state index in [0.717, 1.165) is 10.2 Å². The van der Waals surface area contributed by atoms with E-state index < -0.39 is 5.91 Å². The molecule has 3 rings (SSSR count). The number of nitrogen functional groups attached to an aromatic ring is 1. The van der Waals surface area contributed by atoms with Crippen molar-refractivity contribution < 1.29 is 4.79 Å². The van der Waals surface area contributed by atoms with Gasteiger partial charge in [0.05, 0.1) is 5.69 Å². The minimum atomic E-state index is -0.398. The van der Waals surface area contributed by atoms with E-state index in [9.17, 15) is 4.79 Å². The summed E-state index contributed by atoms with van der Waals surface area (Å²) in [4.78, 5) is 12.2. The monoisotopic (exact) mass is 357 g/mol. The largest absolute Gasteiger partial charge is 0.382 e. The molecule has 0 aliphatic carbocycles. The maximum Gasteiger partial charge on any atom is 0.280 e. The summed E-state index contributed by atoms with van der Waals surface area (Å²) in [6.07, 6.45) is 0. The molecule has 1 heterocycles. The van der Waals surface area contributed by atoms with E-state index in [1.165, 1.54) is 4.68 Å². The molecular weight excluding hydrogens is 346 g/mol. The van der Waals surface area contributed by atoms with Crippen molar-refractivity contribution in [3.05, 3.63) is 64.8 Å². The van der Waals surface area contributed by atoms with Crippen molar-refractivity contribution >= 4 is 33.3 Å². The van der Waals surface area contributed by atoms with Crippen LogP contribution >= 0.6 is 15.9 Å². The molecule has 0 saturated carbocycles. The van der Waals surface area contributed by atoms with Crippen molar-refractivity contribution in [3.8, 4) is 5.69 Å². The Kier molecular flexibility index (Phi) is 3.88. The van der Waals surface area contributed by atoms with Crippen LogP contribution in [0.5, 0.6) is 0 Å². The Morgan fingerprint density at radius 3 is 2.64 bits per heavy atom. The van der Waals surface area contributed by atoms with Crippen LogP contribution < -0.4 is 11.1 Å². The normalized spacial score (nSPS) is 10.4. The second-order valence-corrected chi connectivity index (χ2v) is 5.45. The number of amides is 1. The third kappa shape index (κ3) is 2.84. The summed E-state index contributed by atoms with van der Waals surface area (Å²) in [7, 11) is 0. The van der Waals surface area contributed by atoms with Crippen LogP contribution in [0.15, 0.2) is 59.1 Å². The number of hydrogen-bond acceptors (Lipinski definition) is 4. The van der Waals surface area contributed by atoms with Crippen LogP contribution in [0.25, 0.3) is 5.69 Å². The Bertz CT molecular complexity index is 816. The number of nitrogens with zero attached hydrogens (tertiary/aromatic N) is 3. The van der Waals surface area contributed by atoms with Gasteiger partial charge >= 0.3 is 0 Å². The molecular formula is C15H12BrN5O. The van der Waals surface area contributed by atoms with Gasteiger partial charge in [0, 0.05) is 10.2 Å². The summed E-state index contributed by atoms with van der Waals surface area (Å²) in [6, 6.07) is 16.5. The second kappa shape index (κ2) is 5.98. The zero-order chi connectivity index (χ0) is 15.5. The Balaban J connectivity index is 1.89. The number of rotatable bonds is 3. The first-order valence-electron chi connectivity index (χ1n) is 6.48. The SMILES string of the molecule is Nc1c(C(=O)Nc2ccccc2)nnn1-c1cccc(Br)c1. The molecule has 0 aliphatic heterocycles. The molecule has 0 unspecified atom stereocenters. The molecule has 0 atom stereocenters. The van der Waals surface area contributed by atoms with Crippen molar-refractivity contribution in [2.45, 2.75) is 0 Å². The van der Waals surface area contributed by atoms with Crippen LogP contribution in [0.1, 0.15) is 10.5 Å². The number of anilines is 2. The second-order valence-electron chi connectivity index (χ2n) is 4.54. The van der Waals surface area contributed by atoms with Gasteiger partial charge in [0.15, 0.2) is 11.5 Å². The summed E-state index contributed by atoms with van der Waals surface area (Å²) in [6.45, 7) is 0. The predicted octanol–water partition coefficient (Wildman–Crippen LogP) is 2.86. The molecule has 0 radical (unpaired) electrons. The molecule has 0 bridgehead atoms. The number of carbonyl (C=O) groups excluding carboxylic acids is 1. The first-order valence-corrected chi connectivity index (χ1v) is 7.28. The van der Waals surface area contributed by atoms with Gasteiger partial charge < -0.3 is 11.1 Å². The van der Waals surface area contributed by atoms with E-state index in [0.29, 0.717) is 5.69 Å². The zero-order valence-corrected chi connectivity index (χ0v) is 13.0. The van der Waals surface area contributed by atoms with Gasteiger partial charge in [0.25, 0.3) is 5.91 Å². The van der Waals surface area contributed by atoms with Crippen molar-refractivity contribution in [1.82, 2.24) is 15.0 Å². The van der Waals surface area contributed by atoms with Crippen LogP contribution in [0.2, 0.25) is 0 Å². The predicted molar refractivity (Wildman–Crippen MR) is 87.9 cm³/mol. The fourth-order valence-corrected chi connectivity index (χ4v) is 2.35. The number of para-hydroxylation sites is 1. The highest BCUT2D eigenvalue weighted by Gasteiger charge is 2.18. The van der Waals surface area contributed by atoms with Gasteiger partial charge in [0.1, 0.15) is 0 Å². The third-order valence-electron chi connectivity index (χ3n) is 3.00. The molecule has 22 heavy (non-hydrogen) atoms. The number of hydrogen-bond donors (Lipinski definition) is 2. The molecule has 1 amide bonds. The highest BCUT2D eigenvalue weighted by atomic mass is 79.9. The lowest BCUT2D eigenvalue weighted by atomic mass is 10.3. The smallest absolute Gasteiger partial charge is 0.280 e. The summed E-state index contributed by atoms with van der Waals surface area (Å²) in [5, 5.41) is 10.6. The molecule has 3 N–H and O–H groups in total. The molecule has 7 heteroatoms. The van der Waals surface area contributed by atoms with E-state index in [1.54, 1.807) is 12.1 Å². The molecule has 110 valence electrons. The summed E-state index contributed by atoms with van der Waals surface area (Å²) in [5.41, 5.74) is 7.48. The Morgan fingerprint density at radius 2 is 1.91 bits per heavy atom. The number of nitrogens with one attached hydrogen (secondary N) is 1. The van der Waals surface area contributed by atoms with Crippen molar-refractivity contribution in [1.29, 1.82) is 0 Å². The highest BCUT2D eigenvalue weighted by molar-refractivity contribution is 9.10. The van der Waals surface area contributed by atoms with Crippen molar-refractivity contribution in [3.63, 3.8) is 0 Å². The molecule has 3 aromatic rings. The summed E-state index contributed by atoms with van der Waals surface area (Å²) < 4.78 is 2.31. The lowest BCUT2D eigenvalue weighted by molar-refractivity contribution is 0.102. The number of nitrogens with two attached hydrogens (primary N) is 1. The Labute approximate surface area is 135 Å². The lowest BCUT2D eigenvalue weighted by Crippen LogP contribution is -2.14. The van der Waals surface area contributed by atoms with E-state index in [4.69, 9.17) is 5.73 Å². The average Bonchev–Trinajstić information content (AvgIpc) is 2.90. The zero-order valence-electron chi connectivity index (χ0n) is 11.4.